The molecule has 1 aliphatic rings. The molecule has 172 valence electrons. The molecule has 0 radical (unpaired) electrons. The van der Waals surface area contributed by atoms with Crippen molar-refractivity contribution in [3.05, 3.63) is 83.4 Å². The highest BCUT2D eigenvalue weighted by atomic mass is 19.4. The zero-order valence-corrected chi connectivity index (χ0v) is 17.1. The van der Waals surface area contributed by atoms with Crippen LogP contribution in [0.4, 0.5) is 22.4 Å². The van der Waals surface area contributed by atoms with Gasteiger partial charge in [0.25, 0.3) is 0 Å². The molecule has 0 unspecified atom stereocenters. The first-order valence-corrected chi connectivity index (χ1v) is 9.84. The van der Waals surface area contributed by atoms with E-state index in [4.69, 9.17) is 4.42 Å². The lowest BCUT2D eigenvalue weighted by Crippen LogP contribution is -2.66. The van der Waals surface area contributed by atoms with Crippen molar-refractivity contribution in [2.24, 2.45) is 5.92 Å². The fourth-order valence-corrected chi connectivity index (χ4v) is 3.85. The van der Waals surface area contributed by atoms with E-state index in [1.807, 2.05) is 0 Å². The molecule has 33 heavy (non-hydrogen) atoms. The number of ketones is 1. The number of carbonyl (C=O) groups is 2. The van der Waals surface area contributed by atoms with Gasteiger partial charge in [-0.05, 0) is 43.3 Å². The van der Waals surface area contributed by atoms with E-state index in [2.05, 4.69) is 10.6 Å². The Kier molecular flexibility index (Phi) is 5.49. The largest absolute Gasteiger partial charge is 0.459 e. The summed E-state index contributed by atoms with van der Waals surface area (Å²) in [6.07, 6.45) is -5.31. The molecule has 3 atom stereocenters. The minimum absolute atomic E-state index is 0.0964. The van der Waals surface area contributed by atoms with Crippen molar-refractivity contribution in [1.82, 2.24) is 10.6 Å². The summed E-state index contributed by atoms with van der Waals surface area (Å²) in [6, 6.07) is 11.0. The van der Waals surface area contributed by atoms with Gasteiger partial charge >= 0.3 is 12.2 Å². The summed E-state index contributed by atoms with van der Waals surface area (Å²) in [5.74, 6) is -4.95. The SMILES string of the molecule is Cc1ccc([C@]2(O)NC(=O)N[C@H](c3ccc(-c4ccc(F)cc4)o3)[C@H]2C(=O)C(F)(F)F)cc1. The van der Waals surface area contributed by atoms with E-state index in [1.54, 1.807) is 6.92 Å². The van der Waals surface area contributed by atoms with Crippen LogP contribution in [-0.4, -0.2) is 23.1 Å². The zero-order chi connectivity index (χ0) is 24.0. The summed E-state index contributed by atoms with van der Waals surface area (Å²) >= 11 is 0. The molecule has 3 N–H and O–H groups in total. The van der Waals surface area contributed by atoms with E-state index in [0.29, 0.717) is 5.56 Å². The van der Waals surface area contributed by atoms with Gasteiger partial charge in [0.2, 0.25) is 5.78 Å². The number of rotatable bonds is 4. The molecular formula is C23H18F4N2O4. The maximum Gasteiger partial charge on any atom is 0.450 e. The summed E-state index contributed by atoms with van der Waals surface area (Å²) in [6.45, 7) is 1.73. The van der Waals surface area contributed by atoms with Gasteiger partial charge in [0.1, 0.15) is 29.3 Å². The molecule has 2 amide bonds. The van der Waals surface area contributed by atoms with Crippen molar-refractivity contribution in [2.45, 2.75) is 24.9 Å². The lowest BCUT2D eigenvalue weighted by molar-refractivity contribution is -0.190. The highest BCUT2D eigenvalue weighted by Crippen LogP contribution is 2.43. The summed E-state index contributed by atoms with van der Waals surface area (Å²) in [4.78, 5) is 24.9. The number of hydrogen-bond donors (Lipinski definition) is 3. The fraction of sp³-hybridized carbons (Fsp3) is 0.217. The Labute approximate surface area is 185 Å². The molecule has 1 saturated heterocycles. The Morgan fingerprint density at radius 3 is 2.27 bits per heavy atom. The number of urea groups is 1. The first kappa shape index (κ1) is 22.5. The van der Waals surface area contributed by atoms with Gasteiger partial charge < -0.3 is 20.2 Å². The predicted molar refractivity (Wildman–Crippen MR) is 108 cm³/mol. The first-order chi connectivity index (χ1) is 15.5. The number of furan rings is 1. The number of halogens is 4. The van der Waals surface area contributed by atoms with Crippen LogP contribution >= 0.6 is 0 Å². The number of nitrogens with one attached hydrogen (secondary N) is 2. The van der Waals surface area contributed by atoms with Crippen molar-refractivity contribution in [2.75, 3.05) is 0 Å². The van der Waals surface area contributed by atoms with Gasteiger partial charge in [0.05, 0.1) is 0 Å². The van der Waals surface area contributed by atoms with Crippen LogP contribution in [0, 0.1) is 18.7 Å². The Morgan fingerprint density at radius 1 is 1.03 bits per heavy atom. The second-order valence-corrected chi connectivity index (χ2v) is 7.76. The molecule has 1 aliphatic heterocycles. The average molecular weight is 462 g/mol. The van der Waals surface area contributed by atoms with Gasteiger partial charge in [0, 0.05) is 11.1 Å². The Morgan fingerprint density at radius 2 is 1.67 bits per heavy atom. The number of amides is 2. The van der Waals surface area contributed by atoms with Gasteiger partial charge in [-0.3, -0.25) is 4.79 Å². The van der Waals surface area contributed by atoms with Crippen LogP contribution in [0.2, 0.25) is 0 Å². The number of aliphatic hydroxyl groups is 1. The molecule has 2 aromatic carbocycles. The third-order valence-electron chi connectivity index (χ3n) is 5.49. The molecule has 1 aromatic heterocycles. The van der Waals surface area contributed by atoms with Crippen molar-refractivity contribution in [1.29, 1.82) is 0 Å². The van der Waals surface area contributed by atoms with Gasteiger partial charge in [-0.2, -0.15) is 13.2 Å². The quantitative estimate of drug-likeness (QED) is 0.503. The second-order valence-electron chi connectivity index (χ2n) is 7.76. The summed E-state index contributed by atoms with van der Waals surface area (Å²) in [7, 11) is 0. The minimum atomic E-state index is -5.31. The molecule has 4 rings (SSSR count). The predicted octanol–water partition coefficient (Wildman–Crippen LogP) is 4.34. The highest BCUT2D eigenvalue weighted by molar-refractivity contribution is 5.91. The molecule has 6 nitrogen and oxygen atoms in total. The van der Waals surface area contributed by atoms with E-state index in [-0.39, 0.29) is 17.1 Å². The van der Waals surface area contributed by atoms with Gasteiger partial charge in [-0.15, -0.1) is 0 Å². The number of aryl methyl sites for hydroxylation is 1. The van der Waals surface area contributed by atoms with Gasteiger partial charge in [0.15, 0.2) is 5.72 Å². The van der Waals surface area contributed by atoms with Crippen LogP contribution in [0.1, 0.15) is 22.9 Å². The molecule has 10 heteroatoms. The van der Waals surface area contributed by atoms with E-state index in [9.17, 15) is 32.3 Å². The fourth-order valence-electron chi connectivity index (χ4n) is 3.85. The van der Waals surface area contributed by atoms with Crippen LogP contribution in [-0.2, 0) is 10.5 Å². The van der Waals surface area contributed by atoms with E-state index >= 15 is 0 Å². The summed E-state index contributed by atoms with van der Waals surface area (Å²) in [5.41, 5.74) is -1.58. The molecule has 0 spiro atoms. The third-order valence-corrected chi connectivity index (χ3v) is 5.49. The molecule has 3 aromatic rings. The highest BCUT2D eigenvalue weighted by Gasteiger charge is 2.60. The number of benzene rings is 2. The molecule has 0 bridgehead atoms. The molecule has 0 saturated carbocycles. The van der Waals surface area contributed by atoms with Crippen molar-refractivity contribution in [3.8, 4) is 11.3 Å². The topological polar surface area (TPSA) is 91.6 Å². The molecule has 1 fully saturated rings. The number of hydrogen-bond acceptors (Lipinski definition) is 4. The van der Waals surface area contributed by atoms with E-state index in [1.165, 1.54) is 60.7 Å². The molecule has 0 aliphatic carbocycles. The summed E-state index contributed by atoms with van der Waals surface area (Å²) in [5, 5.41) is 15.6. The monoisotopic (exact) mass is 462 g/mol. The molecule has 2 heterocycles. The van der Waals surface area contributed by atoms with Crippen LogP contribution in [0.3, 0.4) is 0 Å². The lowest BCUT2D eigenvalue weighted by Gasteiger charge is -2.44. The smallest absolute Gasteiger partial charge is 0.450 e. The zero-order valence-electron chi connectivity index (χ0n) is 17.1. The Bertz CT molecular complexity index is 1190. The normalized spacial score (nSPS) is 23.0. The summed E-state index contributed by atoms with van der Waals surface area (Å²) < 4.78 is 59.6. The molecular weight excluding hydrogens is 444 g/mol. The second kappa shape index (κ2) is 8.04. The van der Waals surface area contributed by atoms with Crippen molar-refractivity contribution >= 4 is 11.8 Å². The first-order valence-electron chi connectivity index (χ1n) is 9.84. The van der Waals surface area contributed by atoms with E-state index < -0.39 is 41.5 Å². The standard InChI is InChI=1S/C23H18F4N2O4/c1-12-2-6-14(7-3-12)22(32)18(20(30)23(25,26)27)19(28-21(31)29-22)17-11-10-16(33-17)13-4-8-15(24)9-5-13/h2-11,18-19,32H,1H3,(H2,28,29,31)/t18-,19+,22+/m0/s1. The maximum absolute atomic E-state index is 13.6. The van der Waals surface area contributed by atoms with Gasteiger partial charge in [-0.25, -0.2) is 9.18 Å². The van der Waals surface area contributed by atoms with Crippen LogP contribution in [0.25, 0.3) is 11.3 Å². The van der Waals surface area contributed by atoms with E-state index in [0.717, 1.165) is 5.56 Å². The minimum Gasteiger partial charge on any atom is -0.459 e. The number of Topliss-reactive ketones (excluding diaryl/α,β-unsaturated/α-hetero) is 1. The average Bonchev–Trinajstić information content (AvgIpc) is 3.23. The third kappa shape index (κ3) is 4.21. The number of carbonyl (C=O) groups excluding carboxylic acids is 2. The van der Waals surface area contributed by atoms with Crippen molar-refractivity contribution < 1.29 is 36.7 Å². The van der Waals surface area contributed by atoms with Gasteiger partial charge in [-0.1, -0.05) is 29.8 Å². The van der Waals surface area contributed by atoms with Crippen LogP contribution < -0.4 is 10.6 Å². The van der Waals surface area contributed by atoms with Crippen molar-refractivity contribution in [3.63, 3.8) is 0 Å². The number of alkyl halides is 3. The lowest BCUT2D eigenvalue weighted by atomic mass is 9.77. The van der Waals surface area contributed by atoms with Crippen LogP contribution in [0.15, 0.2) is 65.1 Å². The Hall–Kier alpha value is -3.66. The van der Waals surface area contributed by atoms with Crippen LogP contribution in [0.5, 0.6) is 0 Å². The maximum atomic E-state index is 13.6. The Balaban J connectivity index is 1.82.